The number of hydrogen-bond donors (Lipinski definition) is 2. The predicted molar refractivity (Wildman–Crippen MR) is 111 cm³/mol. The third kappa shape index (κ3) is 4.69. The number of hydrogen-bond acceptors (Lipinski definition) is 2. The van der Waals surface area contributed by atoms with Crippen molar-refractivity contribution in [1.29, 1.82) is 0 Å². The Morgan fingerprint density at radius 2 is 1.27 bits per heavy atom. The third-order valence-corrected chi connectivity index (χ3v) is 4.74. The van der Waals surface area contributed by atoms with Crippen LogP contribution in [-0.4, -0.2) is 10.2 Å². The zero-order valence-corrected chi connectivity index (χ0v) is 17.1. The Morgan fingerprint density at radius 3 is 1.69 bits per heavy atom. The van der Waals surface area contributed by atoms with Gasteiger partial charge < -0.3 is 10.2 Å². The second-order valence-electron chi connectivity index (χ2n) is 9.20. The summed E-state index contributed by atoms with van der Waals surface area (Å²) in [4.78, 5) is 0. The van der Waals surface area contributed by atoms with Crippen LogP contribution < -0.4 is 0 Å². The van der Waals surface area contributed by atoms with Gasteiger partial charge in [0.2, 0.25) is 0 Å². The molecule has 0 aromatic heterocycles. The molecule has 140 valence electrons. The van der Waals surface area contributed by atoms with Gasteiger partial charge in [-0.25, -0.2) is 0 Å². The van der Waals surface area contributed by atoms with E-state index in [4.69, 9.17) is 0 Å². The van der Waals surface area contributed by atoms with Crippen LogP contribution in [0.4, 0.5) is 0 Å². The molecular weight excluding hydrogens is 320 g/mol. The number of aromatic hydroxyl groups is 2. The maximum atomic E-state index is 10.9. The van der Waals surface area contributed by atoms with Crippen molar-refractivity contribution in [2.45, 2.75) is 65.2 Å². The van der Waals surface area contributed by atoms with E-state index < -0.39 is 0 Å². The summed E-state index contributed by atoms with van der Waals surface area (Å²) in [6.07, 6.45) is 4.24. The van der Waals surface area contributed by atoms with E-state index in [-0.39, 0.29) is 22.5 Å². The van der Waals surface area contributed by atoms with E-state index in [1.165, 1.54) is 5.56 Å². The van der Waals surface area contributed by atoms with Gasteiger partial charge in [-0.3, -0.25) is 0 Å². The minimum absolute atomic E-state index is 0.125. The molecule has 26 heavy (non-hydrogen) atoms. The van der Waals surface area contributed by atoms with E-state index in [1.807, 2.05) is 12.1 Å². The molecule has 2 aromatic rings. The van der Waals surface area contributed by atoms with Crippen molar-refractivity contribution in [3.63, 3.8) is 0 Å². The van der Waals surface area contributed by atoms with E-state index in [0.717, 1.165) is 16.7 Å². The molecule has 0 saturated carbocycles. The standard InChI is InChI=1S/C24H32O2/c1-16(8-9-17-10-12-19(25)13-11-17)18-14-20(23(2,3)4)22(26)21(15-18)24(5,6)7/h8-16,25-26H,1-7H3. The molecule has 0 aliphatic carbocycles. The van der Waals surface area contributed by atoms with E-state index in [9.17, 15) is 10.2 Å². The molecule has 0 saturated heterocycles. The topological polar surface area (TPSA) is 40.5 Å². The van der Waals surface area contributed by atoms with Crippen LogP contribution >= 0.6 is 0 Å². The zero-order valence-electron chi connectivity index (χ0n) is 17.1. The first-order valence-electron chi connectivity index (χ1n) is 9.24. The zero-order chi connectivity index (χ0) is 19.7. The fraction of sp³-hybridized carbons (Fsp3) is 0.417. The highest BCUT2D eigenvalue weighted by Gasteiger charge is 2.27. The Bertz CT molecular complexity index is 749. The summed E-state index contributed by atoms with van der Waals surface area (Å²) in [5.41, 5.74) is 3.99. The lowest BCUT2D eigenvalue weighted by molar-refractivity contribution is 0.422. The molecule has 0 radical (unpaired) electrons. The molecule has 0 fully saturated rings. The maximum Gasteiger partial charge on any atom is 0.123 e. The third-order valence-electron chi connectivity index (χ3n) is 4.74. The molecule has 2 aromatic carbocycles. The second-order valence-corrected chi connectivity index (χ2v) is 9.20. The summed E-state index contributed by atoms with van der Waals surface area (Å²) < 4.78 is 0. The molecule has 0 spiro atoms. The summed E-state index contributed by atoms with van der Waals surface area (Å²) in [7, 11) is 0. The number of benzene rings is 2. The first-order chi connectivity index (χ1) is 11.9. The fourth-order valence-electron chi connectivity index (χ4n) is 3.02. The van der Waals surface area contributed by atoms with E-state index in [1.54, 1.807) is 12.1 Å². The lowest BCUT2D eigenvalue weighted by atomic mass is 9.77. The first-order valence-corrected chi connectivity index (χ1v) is 9.24. The largest absolute Gasteiger partial charge is 0.508 e. The van der Waals surface area contributed by atoms with Crippen molar-refractivity contribution >= 4 is 6.08 Å². The Hall–Kier alpha value is -2.22. The molecule has 0 heterocycles. The van der Waals surface area contributed by atoms with Gasteiger partial charge in [0.05, 0.1) is 0 Å². The highest BCUT2D eigenvalue weighted by atomic mass is 16.3. The van der Waals surface area contributed by atoms with Crippen molar-refractivity contribution in [2.24, 2.45) is 0 Å². The highest BCUT2D eigenvalue weighted by molar-refractivity contribution is 5.54. The van der Waals surface area contributed by atoms with E-state index in [2.05, 4.69) is 72.8 Å². The van der Waals surface area contributed by atoms with Crippen LogP contribution in [0.5, 0.6) is 11.5 Å². The molecule has 2 heteroatoms. The number of allylic oxidation sites excluding steroid dienone is 1. The first kappa shape index (κ1) is 20.1. The molecular formula is C24H32O2. The number of phenolic OH excluding ortho intramolecular Hbond substituents is 2. The van der Waals surface area contributed by atoms with Gasteiger partial charge in [0.1, 0.15) is 11.5 Å². The summed E-state index contributed by atoms with van der Waals surface area (Å²) in [6.45, 7) is 15.0. The van der Waals surface area contributed by atoms with Gasteiger partial charge in [-0.15, -0.1) is 0 Å². The summed E-state index contributed by atoms with van der Waals surface area (Å²) in [5, 5.41) is 20.3. The molecule has 2 rings (SSSR count). The van der Waals surface area contributed by atoms with Crippen molar-refractivity contribution in [1.82, 2.24) is 0 Å². The monoisotopic (exact) mass is 352 g/mol. The normalized spacial score (nSPS) is 14.0. The lowest BCUT2D eigenvalue weighted by Crippen LogP contribution is -2.18. The lowest BCUT2D eigenvalue weighted by Gasteiger charge is -2.29. The quantitative estimate of drug-likeness (QED) is 0.661. The molecule has 1 atom stereocenters. The average molecular weight is 353 g/mol. The Labute approximate surface area is 158 Å². The second kappa shape index (κ2) is 7.19. The maximum absolute atomic E-state index is 10.9. The highest BCUT2D eigenvalue weighted by Crippen LogP contribution is 2.41. The van der Waals surface area contributed by atoms with Gasteiger partial charge in [-0.2, -0.15) is 0 Å². The van der Waals surface area contributed by atoms with Crippen LogP contribution in [-0.2, 0) is 10.8 Å². The van der Waals surface area contributed by atoms with Crippen molar-refractivity contribution in [3.05, 3.63) is 64.7 Å². The van der Waals surface area contributed by atoms with E-state index >= 15 is 0 Å². The van der Waals surface area contributed by atoms with Crippen LogP contribution in [0.2, 0.25) is 0 Å². The molecule has 2 N–H and O–H groups in total. The fourth-order valence-corrected chi connectivity index (χ4v) is 3.02. The number of phenols is 2. The molecule has 0 bridgehead atoms. The van der Waals surface area contributed by atoms with Crippen LogP contribution in [0, 0.1) is 0 Å². The van der Waals surface area contributed by atoms with Crippen molar-refractivity contribution in [2.75, 3.05) is 0 Å². The summed E-state index contributed by atoms with van der Waals surface area (Å²) >= 11 is 0. The van der Waals surface area contributed by atoms with Crippen LogP contribution in [0.25, 0.3) is 6.08 Å². The van der Waals surface area contributed by atoms with Crippen LogP contribution in [0.15, 0.2) is 42.5 Å². The van der Waals surface area contributed by atoms with Gasteiger partial charge in [0.15, 0.2) is 0 Å². The minimum atomic E-state index is -0.125. The summed E-state index contributed by atoms with van der Waals surface area (Å²) in [5.74, 6) is 0.911. The molecule has 0 aliphatic heterocycles. The van der Waals surface area contributed by atoms with Gasteiger partial charge in [0, 0.05) is 0 Å². The Balaban J connectivity index is 2.46. The smallest absolute Gasteiger partial charge is 0.123 e. The predicted octanol–water partition coefficient (Wildman–Crippen LogP) is 6.51. The van der Waals surface area contributed by atoms with Gasteiger partial charge in [-0.1, -0.05) is 84.9 Å². The number of rotatable bonds is 3. The van der Waals surface area contributed by atoms with Gasteiger partial charge >= 0.3 is 0 Å². The van der Waals surface area contributed by atoms with Crippen molar-refractivity contribution < 1.29 is 10.2 Å². The van der Waals surface area contributed by atoms with Crippen LogP contribution in [0.3, 0.4) is 0 Å². The molecule has 1 unspecified atom stereocenters. The van der Waals surface area contributed by atoms with Crippen LogP contribution in [0.1, 0.15) is 76.6 Å². The van der Waals surface area contributed by atoms with E-state index in [0.29, 0.717) is 5.75 Å². The van der Waals surface area contributed by atoms with Gasteiger partial charge in [0.25, 0.3) is 0 Å². The van der Waals surface area contributed by atoms with Gasteiger partial charge in [-0.05, 0) is 51.1 Å². The Morgan fingerprint density at radius 1 is 0.808 bits per heavy atom. The molecule has 0 aliphatic rings. The Kier molecular flexibility index (Phi) is 5.55. The summed E-state index contributed by atoms with van der Waals surface area (Å²) in [6, 6.07) is 11.5. The molecule has 2 nitrogen and oxygen atoms in total. The minimum Gasteiger partial charge on any atom is -0.508 e. The average Bonchev–Trinajstić information content (AvgIpc) is 2.52. The van der Waals surface area contributed by atoms with Crippen molar-refractivity contribution in [3.8, 4) is 11.5 Å². The molecule has 0 amide bonds. The SMILES string of the molecule is CC(C=Cc1ccc(O)cc1)c1cc(C(C)(C)C)c(O)c(C(C)(C)C)c1.